The molecule has 0 aromatic carbocycles. The number of rotatable bonds is 0. The van der Waals surface area contributed by atoms with E-state index in [1.807, 2.05) is 24.3 Å². The number of hydrogen-bond acceptors (Lipinski definition) is 3. The molecule has 4 nitrogen and oxygen atoms in total. The second-order valence-electron chi connectivity index (χ2n) is 4.05. The van der Waals surface area contributed by atoms with Crippen LogP contribution < -0.4 is 5.84 Å². The van der Waals surface area contributed by atoms with Gasteiger partial charge in [0.2, 0.25) is 0 Å². The lowest BCUT2D eigenvalue weighted by molar-refractivity contribution is -0.148. The van der Waals surface area contributed by atoms with Crippen LogP contribution >= 0.6 is 0 Å². The molecule has 1 fully saturated rings. The summed E-state index contributed by atoms with van der Waals surface area (Å²) < 4.78 is 0. The summed E-state index contributed by atoms with van der Waals surface area (Å²) in [7, 11) is 0. The van der Waals surface area contributed by atoms with E-state index in [4.69, 9.17) is 5.84 Å². The number of hydrazine groups is 1. The van der Waals surface area contributed by atoms with Gasteiger partial charge < -0.3 is 0 Å². The summed E-state index contributed by atoms with van der Waals surface area (Å²) in [5.74, 6) is 4.28. The van der Waals surface area contributed by atoms with Crippen molar-refractivity contribution in [1.82, 2.24) is 5.01 Å². The number of carbonyl (C=O) groups excluding carboxylic acids is 2. The molecule has 0 unspecified atom stereocenters. The van der Waals surface area contributed by atoms with Crippen LogP contribution in [-0.4, -0.2) is 16.8 Å². The van der Waals surface area contributed by atoms with Crippen LogP contribution in [0.1, 0.15) is 0 Å². The van der Waals surface area contributed by atoms with E-state index in [0.29, 0.717) is 5.57 Å². The minimum atomic E-state index is -0.392. The second kappa shape index (κ2) is 3.02. The lowest BCUT2D eigenvalue weighted by Gasteiger charge is -2.37. The van der Waals surface area contributed by atoms with E-state index in [1.54, 1.807) is 12.2 Å². The molecule has 0 radical (unpaired) electrons. The molecule has 2 aliphatic carbocycles. The average molecular weight is 214 g/mol. The number of carbonyl (C=O) groups is 2. The number of hydrogen-bond donors (Lipinski definition) is 1. The van der Waals surface area contributed by atoms with Gasteiger partial charge in [0, 0.05) is 11.5 Å². The fourth-order valence-corrected chi connectivity index (χ4v) is 2.44. The molecule has 0 saturated carbocycles. The minimum Gasteiger partial charge on any atom is -0.272 e. The van der Waals surface area contributed by atoms with Gasteiger partial charge in [0.1, 0.15) is 0 Å². The summed E-state index contributed by atoms with van der Waals surface area (Å²) in [4.78, 5) is 23.7. The van der Waals surface area contributed by atoms with E-state index < -0.39 is 5.91 Å². The highest BCUT2D eigenvalue weighted by Crippen LogP contribution is 2.40. The third-order valence-corrected chi connectivity index (χ3v) is 3.21. The van der Waals surface area contributed by atoms with Gasteiger partial charge in [-0.1, -0.05) is 36.5 Å². The molecule has 4 heteroatoms. The molecular formula is C12H10N2O2. The van der Waals surface area contributed by atoms with E-state index in [-0.39, 0.29) is 17.7 Å². The number of imide groups is 1. The summed E-state index contributed by atoms with van der Waals surface area (Å²) in [6.07, 6.45) is 11.0. The number of piperidine rings is 1. The SMILES string of the molecule is NN1C(=O)C2=CC=CC3=CC=C[C@@H](C1=O)[C@@H]32. The van der Waals surface area contributed by atoms with Crippen LogP contribution in [0.25, 0.3) is 0 Å². The topological polar surface area (TPSA) is 63.4 Å². The first-order valence-electron chi connectivity index (χ1n) is 5.10. The zero-order chi connectivity index (χ0) is 11.3. The molecule has 16 heavy (non-hydrogen) atoms. The van der Waals surface area contributed by atoms with E-state index in [1.165, 1.54) is 0 Å². The molecule has 1 aliphatic heterocycles. The standard InChI is InChI=1S/C12H10N2O2/c13-14-11(15)8-5-1-3-7-4-2-6-9(10(7)8)12(14)16/h1-6,8,10H,13H2/t8-,10-/m1/s1. The molecule has 3 rings (SSSR count). The molecule has 3 aliphatic rings. The molecule has 0 bridgehead atoms. The first kappa shape index (κ1) is 9.30. The Morgan fingerprint density at radius 1 is 1.19 bits per heavy atom. The van der Waals surface area contributed by atoms with Gasteiger partial charge in [-0.2, -0.15) is 0 Å². The first-order chi connectivity index (χ1) is 7.70. The van der Waals surface area contributed by atoms with Crippen LogP contribution in [-0.2, 0) is 9.59 Å². The van der Waals surface area contributed by atoms with Crippen LogP contribution in [0.5, 0.6) is 0 Å². The molecule has 0 spiro atoms. The van der Waals surface area contributed by atoms with Gasteiger partial charge in [-0.05, 0) is 5.57 Å². The van der Waals surface area contributed by atoms with Crippen molar-refractivity contribution in [2.45, 2.75) is 0 Å². The van der Waals surface area contributed by atoms with Crippen LogP contribution in [0.15, 0.2) is 47.6 Å². The molecule has 1 heterocycles. The number of nitrogens with zero attached hydrogens (tertiary/aromatic N) is 1. The Kier molecular flexibility index (Phi) is 1.76. The Morgan fingerprint density at radius 2 is 2.00 bits per heavy atom. The number of allylic oxidation sites excluding steroid dienone is 6. The average Bonchev–Trinajstić information content (AvgIpc) is 2.33. The van der Waals surface area contributed by atoms with E-state index in [2.05, 4.69) is 0 Å². The van der Waals surface area contributed by atoms with Gasteiger partial charge in [0.25, 0.3) is 11.8 Å². The zero-order valence-electron chi connectivity index (χ0n) is 8.46. The van der Waals surface area contributed by atoms with Crippen molar-refractivity contribution in [3.05, 3.63) is 47.6 Å². The second-order valence-corrected chi connectivity index (χ2v) is 4.05. The van der Waals surface area contributed by atoms with Crippen LogP contribution in [0.3, 0.4) is 0 Å². The van der Waals surface area contributed by atoms with E-state index in [9.17, 15) is 9.59 Å². The van der Waals surface area contributed by atoms with Crippen LogP contribution in [0, 0.1) is 11.8 Å². The van der Waals surface area contributed by atoms with Gasteiger partial charge in [-0.15, -0.1) is 0 Å². The molecular weight excluding hydrogens is 204 g/mol. The molecule has 0 aromatic rings. The quantitative estimate of drug-likeness (QED) is 0.362. The van der Waals surface area contributed by atoms with Crippen molar-refractivity contribution in [3.8, 4) is 0 Å². The monoisotopic (exact) mass is 214 g/mol. The Balaban J connectivity index is 2.18. The van der Waals surface area contributed by atoms with Crippen LogP contribution in [0.4, 0.5) is 0 Å². The number of amides is 2. The Bertz CT molecular complexity index is 511. The first-order valence-corrected chi connectivity index (χ1v) is 5.10. The Hall–Kier alpha value is -1.94. The Morgan fingerprint density at radius 3 is 2.81 bits per heavy atom. The summed E-state index contributed by atoms with van der Waals surface area (Å²) in [6.45, 7) is 0. The molecule has 1 saturated heterocycles. The maximum absolute atomic E-state index is 11.9. The van der Waals surface area contributed by atoms with Crippen molar-refractivity contribution in [2.24, 2.45) is 17.7 Å². The summed E-state index contributed by atoms with van der Waals surface area (Å²) in [5.41, 5.74) is 1.60. The maximum Gasteiger partial charge on any atom is 0.271 e. The predicted molar refractivity (Wildman–Crippen MR) is 57.5 cm³/mol. The van der Waals surface area contributed by atoms with E-state index >= 15 is 0 Å². The number of nitrogens with two attached hydrogens (primary N) is 1. The van der Waals surface area contributed by atoms with Crippen molar-refractivity contribution >= 4 is 11.8 Å². The normalized spacial score (nSPS) is 31.2. The highest BCUT2D eigenvalue weighted by atomic mass is 16.2. The van der Waals surface area contributed by atoms with Crippen molar-refractivity contribution in [1.29, 1.82) is 0 Å². The van der Waals surface area contributed by atoms with E-state index in [0.717, 1.165) is 10.6 Å². The maximum atomic E-state index is 11.9. The van der Waals surface area contributed by atoms with Crippen molar-refractivity contribution in [2.75, 3.05) is 0 Å². The third kappa shape index (κ3) is 1.02. The third-order valence-electron chi connectivity index (χ3n) is 3.21. The molecule has 2 N–H and O–H groups in total. The summed E-state index contributed by atoms with van der Waals surface area (Å²) in [6, 6.07) is 0. The molecule has 0 aromatic heterocycles. The fourth-order valence-electron chi connectivity index (χ4n) is 2.44. The molecule has 2 amide bonds. The highest BCUT2D eigenvalue weighted by Gasteiger charge is 2.44. The van der Waals surface area contributed by atoms with Gasteiger partial charge in [0.15, 0.2) is 0 Å². The van der Waals surface area contributed by atoms with Crippen molar-refractivity contribution in [3.63, 3.8) is 0 Å². The van der Waals surface area contributed by atoms with Gasteiger partial charge in [0.05, 0.1) is 5.92 Å². The lowest BCUT2D eigenvalue weighted by atomic mass is 9.72. The van der Waals surface area contributed by atoms with Crippen molar-refractivity contribution < 1.29 is 9.59 Å². The predicted octanol–water partition coefficient (Wildman–Crippen LogP) is 0.454. The van der Waals surface area contributed by atoms with Gasteiger partial charge >= 0.3 is 0 Å². The highest BCUT2D eigenvalue weighted by molar-refractivity contribution is 6.09. The van der Waals surface area contributed by atoms with Gasteiger partial charge in [-0.3, -0.25) is 9.59 Å². The smallest absolute Gasteiger partial charge is 0.271 e. The molecule has 80 valence electrons. The summed E-state index contributed by atoms with van der Waals surface area (Å²) in [5, 5.41) is 0.722. The fraction of sp³-hybridized carbons (Fsp3) is 0.167. The lowest BCUT2D eigenvalue weighted by Crippen LogP contribution is -2.54. The Labute approximate surface area is 92.4 Å². The minimum absolute atomic E-state index is 0.144. The largest absolute Gasteiger partial charge is 0.272 e. The zero-order valence-corrected chi connectivity index (χ0v) is 8.46. The summed E-state index contributed by atoms with van der Waals surface area (Å²) >= 11 is 0. The van der Waals surface area contributed by atoms with Crippen LogP contribution in [0.2, 0.25) is 0 Å². The van der Waals surface area contributed by atoms with Gasteiger partial charge in [-0.25, -0.2) is 10.9 Å². The molecule has 2 atom stereocenters.